The van der Waals surface area contributed by atoms with Crippen molar-refractivity contribution in [3.63, 3.8) is 0 Å². The van der Waals surface area contributed by atoms with Gasteiger partial charge in [0, 0.05) is 25.2 Å². The van der Waals surface area contributed by atoms with E-state index in [0.29, 0.717) is 0 Å². The van der Waals surface area contributed by atoms with Crippen LogP contribution in [0.3, 0.4) is 0 Å². The fraction of sp³-hybridized carbons (Fsp3) is 0.667. The number of methoxy groups -OCH3 is 1. The lowest BCUT2D eigenvalue weighted by molar-refractivity contribution is -0.247. The van der Waals surface area contributed by atoms with Crippen molar-refractivity contribution in [2.75, 3.05) is 7.11 Å². The molecule has 0 amide bonds. The van der Waals surface area contributed by atoms with Gasteiger partial charge < -0.3 is 24.5 Å². The van der Waals surface area contributed by atoms with E-state index in [1.165, 1.54) is 12.1 Å². The lowest BCUT2D eigenvalue weighted by Crippen LogP contribution is -2.47. The average molecular weight is 257 g/mol. The van der Waals surface area contributed by atoms with E-state index in [9.17, 15) is 10.2 Å². The van der Waals surface area contributed by atoms with E-state index < -0.39 is 6.29 Å². The summed E-state index contributed by atoms with van der Waals surface area (Å²) in [6.45, 7) is 3.88. The second-order valence-electron chi connectivity index (χ2n) is 4.65. The third-order valence-electron chi connectivity index (χ3n) is 3.25. The molecule has 1 aromatic rings. The van der Waals surface area contributed by atoms with E-state index >= 15 is 0 Å². The van der Waals surface area contributed by atoms with Crippen molar-refractivity contribution in [1.29, 1.82) is 0 Å². The molecule has 2 rings (SSSR count). The summed E-state index contributed by atoms with van der Waals surface area (Å²) >= 11 is 0. The molecule has 4 unspecified atom stereocenters. The topological polar surface area (TPSA) is 73.1 Å². The second-order valence-corrected chi connectivity index (χ2v) is 4.65. The Balaban J connectivity index is 2.06. The van der Waals surface area contributed by atoms with Crippen LogP contribution in [0, 0.1) is 5.92 Å². The van der Waals surface area contributed by atoms with Crippen LogP contribution < -0.4 is 4.84 Å². The summed E-state index contributed by atoms with van der Waals surface area (Å²) in [6, 6.07) is 2.70. The first-order chi connectivity index (χ1) is 8.52. The molecule has 4 atom stereocenters. The summed E-state index contributed by atoms with van der Waals surface area (Å²) in [4.78, 5) is 5.47. The Kier molecular flexibility index (Phi) is 3.68. The minimum atomic E-state index is -0.532. The van der Waals surface area contributed by atoms with Crippen LogP contribution >= 0.6 is 0 Å². The van der Waals surface area contributed by atoms with Crippen LogP contribution in [0.5, 0.6) is 11.8 Å². The van der Waals surface area contributed by atoms with Crippen molar-refractivity contribution in [1.82, 2.24) is 4.73 Å². The van der Waals surface area contributed by atoms with Crippen LogP contribution in [0.4, 0.5) is 0 Å². The molecule has 0 aromatic carbocycles. The molecule has 0 bridgehead atoms. The summed E-state index contributed by atoms with van der Waals surface area (Å²) in [5, 5.41) is 19.0. The molecule has 0 saturated carbocycles. The Labute approximate surface area is 106 Å². The normalized spacial score (nSPS) is 32.4. The van der Waals surface area contributed by atoms with Crippen LogP contribution in [0.25, 0.3) is 0 Å². The summed E-state index contributed by atoms with van der Waals surface area (Å²) in [5.74, 6) is -0.234. The zero-order valence-electron chi connectivity index (χ0n) is 10.7. The molecular formula is C12H19NO5. The van der Waals surface area contributed by atoms with Gasteiger partial charge in [-0.1, -0.05) is 6.92 Å². The first-order valence-electron chi connectivity index (χ1n) is 5.98. The van der Waals surface area contributed by atoms with Crippen LogP contribution in [0.15, 0.2) is 12.1 Å². The zero-order chi connectivity index (χ0) is 13.3. The van der Waals surface area contributed by atoms with Gasteiger partial charge in [0.1, 0.15) is 0 Å². The van der Waals surface area contributed by atoms with Crippen molar-refractivity contribution in [2.24, 2.45) is 5.92 Å². The van der Waals surface area contributed by atoms with Crippen LogP contribution in [-0.4, -0.2) is 40.6 Å². The van der Waals surface area contributed by atoms with Crippen molar-refractivity contribution >= 4 is 0 Å². The van der Waals surface area contributed by atoms with Crippen molar-refractivity contribution in [2.45, 2.75) is 38.8 Å². The number of ether oxygens (including phenoxy) is 2. The largest absolute Gasteiger partial charge is 0.492 e. The van der Waals surface area contributed by atoms with Gasteiger partial charge in [0.25, 0.3) is 0 Å². The summed E-state index contributed by atoms with van der Waals surface area (Å²) in [6.07, 6.45) is 0.198. The van der Waals surface area contributed by atoms with Crippen LogP contribution in [0.2, 0.25) is 0 Å². The van der Waals surface area contributed by atoms with E-state index in [4.69, 9.17) is 14.3 Å². The van der Waals surface area contributed by atoms with Gasteiger partial charge in [-0.25, -0.2) is 0 Å². The molecule has 0 aliphatic carbocycles. The maximum Gasteiger partial charge on any atom is 0.229 e. The van der Waals surface area contributed by atoms with Gasteiger partial charge in [-0.05, 0) is 13.3 Å². The van der Waals surface area contributed by atoms with E-state index in [-0.39, 0.29) is 29.9 Å². The quantitative estimate of drug-likeness (QED) is 0.848. The maximum atomic E-state index is 9.51. The third kappa shape index (κ3) is 2.39. The summed E-state index contributed by atoms with van der Waals surface area (Å²) in [7, 11) is 1.65. The Morgan fingerprint density at radius 3 is 2.44 bits per heavy atom. The van der Waals surface area contributed by atoms with Gasteiger partial charge in [0.2, 0.25) is 18.1 Å². The van der Waals surface area contributed by atoms with Gasteiger partial charge in [0.05, 0.1) is 12.2 Å². The Hall–Kier alpha value is -1.40. The fourth-order valence-electron chi connectivity index (χ4n) is 2.13. The number of aromatic nitrogens is 1. The molecule has 1 aliphatic heterocycles. The molecular weight excluding hydrogens is 238 g/mol. The van der Waals surface area contributed by atoms with Gasteiger partial charge in [-0.15, -0.1) is 4.73 Å². The standard InChI is InChI=1S/C12H19NO5/c1-7-6-9(16-3)8(2)17-12(7)18-13-10(14)4-5-11(13)15/h4-5,7-9,12,14-15H,6H2,1-3H3. The lowest BCUT2D eigenvalue weighted by atomic mass is 9.96. The Bertz CT molecular complexity index is 386. The van der Waals surface area contributed by atoms with Gasteiger partial charge in [0.15, 0.2) is 0 Å². The number of nitrogens with zero attached hydrogens (tertiary/aromatic N) is 1. The summed E-state index contributed by atoms with van der Waals surface area (Å²) in [5.41, 5.74) is 0. The monoisotopic (exact) mass is 257 g/mol. The highest BCUT2D eigenvalue weighted by molar-refractivity contribution is 5.21. The number of aromatic hydroxyl groups is 2. The Morgan fingerprint density at radius 1 is 1.28 bits per heavy atom. The third-order valence-corrected chi connectivity index (χ3v) is 3.25. The number of rotatable bonds is 3. The average Bonchev–Trinajstić information content (AvgIpc) is 2.65. The molecule has 6 heteroatoms. The van der Waals surface area contributed by atoms with Gasteiger partial charge in [-0.3, -0.25) is 0 Å². The van der Waals surface area contributed by atoms with Crippen molar-refractivity contribution < 1.29 is 24.5 Å². The maximum absolute atomic E-state index is 9.51. The molecule has 2 N–H and O–H groups in total. The van der Waals surface area contributed by atoms with Crippen LogP contribution in [-0.2, 0) is 9.47 Å². The van der Waals surface area contributed by atoms with Gasteiger partial charge >= 0.3 is 0 Å². The van der Waals surface area contributed by atoms with Gasteiger partial charge in [-0.2, -0.15) is 0 Å². The SMILES string of the molecule is COC1CC(C)C(On2c(O)ccc2O)OC1C. The van der Waals surface area contributed by atoms with Crippen molar-refractivity contribution in [3.05, 3.63) is 12.1 Å². The number of hydrogen-bond acceptors (Lipinski definition) is 5. The highest BCUT2D eigenvalue weighted by Gasteiger charge is 2.35. The molecule has 0 spiro atoms. The highest BCUT2D eigenvalue weighted by atomic mass is 16.8. The fourth-order valence-corrected chi connectivity index (χ4v) is 2.13. The highest BCUT2D eigenvalue weighted by Crippen LogP contribution is 2.28. The lowest BCUT2D eigenvalue weighted by Gasteiger charge is -2.37. The number of hydrogen-bond donors (Lipinski definition) is 2. The van der Waals surface area contributed by atoms with Crippen LogP contribution in [0.1, 0.15) is 20.3 Å². The zero-order valence-corrected chi connectivity index (χ0v) is 10.7. The molecule has 1 aromatic heterocycles. The molecule has 2 heterocycles. The van der Waals surface area contributed by atoms with E-state index in [1.807, 2.05) is 13.8 Å². The Morgan fingerprint density at radius 2 is 1.89 bits per heavy atom. The predicted octanol–water partition coefficient (Wildman–Crippen LogP) is 1.11. The molecule has 1 fully saturated rings. The van der Waals surface area contributed by atoms with Crippen molar-refractivity contribution in [3.8, 4) is 11.8 Å². The minimum Gasteiger partial charge on any atom is -0.492 e. The second kappa shape index (κ2) is 5.07. The molecule has 1 saturated heterocycles. The van der Waals surface area contributed by atoms with E-state index in [0.717, 1.165) is 11.2 Å². The molecule has 1 aliphatic rings. The van der Waals surface area contributed by atoms with E-state index in [1.54, 1.807) is 7.11 Å². The summed E-state index contributed by atoms with van der Waals surface area (Å²) < 4.78 is 12.0. The minimum absolute atomic E-state index is 0.0340. The molecule has 102 valence electrons. The molecule has 0 radical (unpaired) electrons. The predicted molar refractivity (Wildman–Crippen MR) is 63.3 cm³/mol. The smallest absolute Gasteiger partial charge is 0.229 e. The first-order valence-corrected chi connectivity index (χ1v) is 5.98. The molecule has 6 nitrogen and oxygen atoms in total. The first kappa shape index (κ1) is 13.0. The van der Waals surface area contributed by atoms with E-state index in [2.05, 4.69) is 0 Å². The molecule has 18 heavy (non-hydrogen) atoms.